The van der Waals surface area contributed by atoms with E-state index in [0.717, 1.165) is 24.2 Å². The van der Waals surface area contributed by atoms with Gasteiger partial charge in [0, 0.05) is 38.3 Å². The molecule has 0 spiro atoms. The van der Waals surface area contributed by atoms with Gasteiger partial charge in [-0.15, -0.1) is 5.10 Å². The van der Waals surface area contributed by atoms with E-state index in [1.807, 2.05) is 12.3 Å². The average Bonchev–Trinajstić information content (AvgIpc) is 3.18. The van der Waals surface area contributed by atoms with E-state index in [2.05, 4.69) is 20.3 Å². The number of aromatic nitrogens is 5. The van der Waals surface area contributed by atoms with Gasteiger partial charge in [-0.3, -0.25) is 9.48 Å². The first-order chi connectivity index (χ1) is 13.6. The highest BCUT2D eigenvalue weighted by Crippen LogP contribution is 2.21. The van der Waals surface area contributed by atoms with Crippen LogP contribution in [0.25, 0.3) is 11.3 Å². The van der Waals surface area contributed by atoms with Gasteiger partial charge in [0.05, 0.1) is 30.8 Å². The lowest BCUT2D eigenvalue weighted by Crippen LogP contribution is -2.43. The minimum Gasteiger partial charge on any atom is -0.508 e. The first kappa shape index (κ1) is 18.2. The summed E-state index contributed by atoms with van der Waals surface area (Å²) in [7, 11) is 1.64. The number of morpholine rings is 1. The third-order valence-electron chi connectivity index (χ3n) is 4.82. The lowest BCUT2D eigenvalue weighted by Gasteiger charge is -2.34. The molecule has 1 unspecified atom stereocenters. The number of benzene rings is 1. The number of phenols is 1. The second kappa shape index (κ2) is 7.81. The highest BCUT2D eigenvalue weighted by atomic mass is 16.5. The lowest BCUT2D eigenvalue weighted by atomic mass is 10.1. The number of rotatable bonds is 5. The highest BCUT2D eigenvalue weighted by molar-refractivity contribution is 5.59. The molecule has 0 amide bonds. The monoisotopic (exact) mass is 382 g/mol. The largest absolute Gasteiger partial charge is 0.508 e. The number of anilines is 1. The van der Waals surface area contributed by atoms with Crippen LogP contribution in [0.3, 0.4) is 0 Å². The first-order valence-corrected chi connectivity index (χ1v) is 9.18. The molecule has 1 atom stereocenters. The maximum absolute atomic E-state index is 11.8. The minimum atomic E-state index is -0.123. The van der Waals surface area contributed by atoms with Gasteiger partial charge in [-0.05, 0) is 18.6 Å². The Labute approximate surface area is 161 Å². The number of aryl methyl sites for hydroxylation is 2. The summed E-state index contributed by atoms with van der Waals surface area (Å²) >= 11 is 0. The van der Waals surface area contributed by atoms with Crippen molar-refractivity contribution in [3.63, 3.8) is 0 Å². The van der Waals surface area contributed by atoms with Gasteiger partial charge in [0.1, 0.15) is 11.4 Å². The predicted molar refractivity (Wildman–Crippen MR) is 103 cm³/mol. The Kier molecular flexibility index (Phi) is 5.07. The molecule has 0 radical (unpaired) electrons. The summed E-state index contributed by atoms with van der Waals surface area (Å²) in [6.45, 7) is 2.70. The van der Waals surface area contributed by atoms with E-state index in [1.165, 1.54) is 4.68 Å². The van der Waals surface area contributed by atoms with Gasteiger partial charge in [-0.1, -0.05) is 17.3 Å². The van der Waals surface area contributed by atoms with Crippen LogP contribution in [0.2, 0.25) is 0 Å². The molecule has 1 aliphatic rings. The number of hydrogen-bond acceptors (Lipinski definition) is 7. The van der Waals surface area contributed by atoms with Crippen molar-refractivity contribution in [1.82, 2.24) is 24.8 Å². The molecule has 0 saturated carbocycles. The second-order valence-corrected chi connectivity index (χ2v) is 6.82. The number of nitrogens with zero attached hydrogens (tertiary/aromatic N) is 6. The second-order valence-electron chi connectivity index (χ2n) is 6.82. The van der Waals surface area contributed by atoms with Crippen molar-refractivity contribution in [2.24, 2.45) is 7.05 Å². The Hall–Kier alpha value is -3.20. The number of ether oxygens (including phenoxy) is 1. The van der Waals surface area contributed by atoms with Gasteiger partial charge < -0.3 is 14.7 Å². The van der Waals surface area contributed by atoms with E-state index in [1.54, 1.807) is 42.2 Å². The van der Waals surface area contributed by atoms with Gasteiger partial charge >= 0.3 is 0 Å². The zero-order chi connectivity index (χ0) is 19.5. The fourth-order valence-corrected chi connectivity index (χ4v) is 3.24. The first-order valence-electron chi connectivity index (χ1n) is 9.18. The van der Waals surface area contributed by atoms with Crippen molar-refractivity contribution in [3.05, 3.63) is 53.1 Å². The van der Waals surface area contributed by atoms with Crippen molar-refractivity contribution < 1.29 is 9.84 Å². The SMILES string of the molecule is Cn1ncc(N2CCOC(CCn3cc(-c4cccc(O)c4)nn3)C2)cc1=O. The van der Waals surface area contributed by atoms with Gasteiger partial charge in [-0.2, -0.15) is 5.10 Å². The summed E-state index contributed by atoms with van der Waals surface area (Å²) in [5, 5.41) is 22.0. The van der Waals surface area contributed by atoms with Crippen molar-refractivity contribution in [1.29, 1.82) is 0 Å². The van der Waals surface area contributed by atoms with Gasteiger partial charge in [-0.25, -0.2) is 4.68 Å². The topological polar surface area (TPSA) is 98.3 Å². The maximum atomic E-state index is 11.8. The molecule has 1 aliphatic heterocycles. The standard InChI is InChI=1S/C19H22N6O3/c1-23-19(27)10-15(11-20-23)24-7-8-28-17(12-24)5-6-25-13-18(21-22-25)14-3-2-4-16(26)9-14/h2-4,9-11,13,17,26H,5-8,12H2,1H3. The number of phenolic OH excluding ortho intramolecular Hbond substituents is 1. The molecule has 0 aliphatic carbocycles. The fourth-order valence-electron chi connectivity index (χ4n) is 3.24. The van der Waals surface area contributed by atoms with E-state index >= 15 is 0 Å². The zero-order valence-electron chi connectivity index (χ0n) is 15.6. The van der Waals surface area contributed by atoms with Crippen LogP contribution in [0, 0.1) is 0 Å². The van der Waals surface area contributed by atoms with Gasteiger partial charge in [0.15, 0.2) is 0 Å². The molecule has 3 aromatic rings. The smallest absolute Gasteiger partial charge is 0.268 e. The van der Waals surface area contributed by atoms with Crippen LogP contribution in [-0.2, 0) is 18.3 Å². The fraction of sp³-hybridized carbons (Fsp3) is 0.368. The van der Waals surface area contributed by atoms with Crippen molar-refractivity contribution >= 4 is 5.69 Å². The lowest BCUT2D eigenvalue weighted by molar-refractivity contribution is 0.0318. The molecule has 2 aromatic heterocycles. The van der Waals surface area contributed by atoms with E-state index < -0.39 is 0 Å². The van der Waals surface area contributed by atoms with Crippen molar-refractivity contribution in [2.75, 3.05) is 24.6 Å². The van der Waals surface area contributed by atoms with Crippen molar-refractivity contribution in [3.8, 4) is 17.0 Å². The summed E-state index contributed by atoms with van der Waals surface area (Å²) in [4.78, 5) is 14.0. The summed E-state index contributed by atoms with van der Waals surface area (Å²) in [5.74, 6) is 0.202. The Morgan fingerprint density at radius 3 is 3.04 bits per heavy atom. The van der Waals surface area contributed by atoms with E-state index in [-0.39, 0.29) is 17.4 Å². The number of aromatic hydroxyl groups is 1. The molecule has 146 valence electrons. The highest BCUT2D eigenvalue weighted by Gasteiger charge is 2.21. The van der Waals surface area contributed by atoms with Crippen molar-refractivity contribution in [2.45, 2.75) is 19.1 Å². The van der Waals surface area contributed by atoms with Crippen LogP contribution in [0.1, 0.15) is 6.42 Å². The van der Waals surface area contributed by atoms with Crippen LogP contribution in [0.5, 0.6) is 5.75 Å². The van der Waals surface area contributed by atoms with Gasteiger partial charge in [0.25, 0.3) is 5.56 Å². The molecule has 4 rings (SSSR count). The molecule has 28 heavy (non-hydrogen) atoms. The molecule has 9 heteroatoms. The molecule has 9 nitrogen and oxygen atoms in total. The normalized spacial score (nSPS) is 17.0. The molecule has 3 heterocycles. The van der Waals surface area contributed by atoms with Crippen LogP contribution in [0.4, 0.5) is 5.69 Å². The van der Waals surface area contributed by atoms with E-state index in [9.17, 15) is 9.90 Å². The summed E-state index contributed by atoms with van der Waals surface area (Å²) < 4.78 is 8.97. The predicted octanol–water partition coefficient (Wildman–Crippen LogP) is 1.04. The third kappa shape index (κ3) is 4.04. The molecule has 1 saturated heterocycles. The van der Waals surface area contributed by atoms with E-state index in [4.69, 9.17) is 4.74 Å². The molecule has 1 N–H and O–H groups in total. The van der Waals surface area contributed by atoms with E-state index in [0.29, 0.717) is 25.4 Å². The molecule has 0 bridgehead atoms. The molecular weight excluding hydrogens is 360 g/mol. The van der Waals surface area contributed by atoms with Crippen LogP contribution < -0.4 is 10.5 Å². The Morgan fingerprint density at radius 1 is 1.32 bits per heavy atom. The Balaban J connectivity index is 1.37. The molecule has 1 aromatic carbocycles. The van der Waals surface area contributed by atoms with Gasteiger partial charge in [0.2, 0.25) is 0 Å². The zero-order valence-corrected chi connectivity index (χ0v) is 15.6. The molecule has 1 fully saturated rings. The van der Waals surface area contributed by atoms with Crippen LogP contribution in [0.15, 0.2) is 47.5 Å². The Bertz CT molecular complexity index is 1010. The quantitative estimate of drug-likeness (QED) is 0.704. The van der Waals surface area contributed by atoms with Crippen LogP contribution >= 0.6 is 0 Å². The number of hydrogen-bond donors (Lipinski definition) is 1. The summed E-state index contributed by atoms with van der Waals surface area (Å²) in [6, 6.07) is 8.55. The maximum Gasteiger partial charge on any atom is 0.268 e. The minimum absolute atomic E-state index is 0.0335. The molecular formula is C19H22N6O3. The average molecular weight is 382 g/mol. The third-order valence-corrected chi connectivity index (χ3v) is 4.82. The summed E-state index contributed by atoms with van der Waals surface area (Å²) in [5.41, 5.74) is 2.24. The summed E-state index contributed by atoms with van der Waals surface area (Å²) in [6.07, 6.45) is 4.38. The van der Waals surface area contributed by atoms with Crippen LogP contribution in [-0.4, -0.2) is 55.7 Å². The Morgan fingerprint density at radius 2 is 2.21 bits per heavy atom.